The molecule has 0 radical (unpaired) electrons. The molecule has 0 saturated heterocycles. The van der Waals surface area contributed by atoms with E-state index in [4.69, 9.17) is 10.9 Å². The second-order valence-electron chi connectivity index (χ2n) is 4.16. The van der Waals surface area contributed by atoms with E-state index in [0.29, 0.717) is 11.3 Å². The molecule has 3 N–H and O–H groups in total. The van der Waals surface area contributed by atoms with Crippen molar-refractivity contribution >= 4 is 39.2 Å². The first-order chi connectivity index (χ1) is 8.93. The van der Waals surface area contributed by atoms with Crippen molar-refractivity contribution in [2.24, 2.45) is 10.9 Å². The highest BCUT2D eigenvalue weighted by Gasteiger charge is 2.19. The van der Waals surface area contributed by atoms with Crippen LogP contribution in [0.15, 0.2) is 21.8 Å². The molecule has 0 aliphatic heterocycles. The summed E-state index contributed by atoms with van der Waals surface area (Å²) in [5, 5.41) is 11.5. The van der Waals surface area contributed by atoms with Crippen LogP contribution in [-0.2, 0) is 0 Å². The molecule has 0 saturated carbocycles. The van der Waals surface area contributed by atoms with Gasteiger partial charge in [-0.05, 0) is 41.2 Å². The summed E-state index contributed by atoms with van der Waals surface area (Å²) in [5.74, 6) is 0.354. The minimum atomic E-state index is -0.417. The Morgan fingerprint density at radius 3 is 2.79 bits per heavy atom. The first-order valence-corrected chi connectivity index (χ1v) is 7.80. The lowest BCUT2D eigenvalue weighted by Gasteiger charge is -2.27. The van der Waals surface area contributed by atoms with Gasteiger partial charge in [0.25, 0.3) is 0 Å². The molecule has 4 nitrogen and oxygen atoms in total. The molecule has 1 atom stereocenters. The fourth-order valence-corrected chi connectivity index (χ4v) is 2.90. The van der Waals surface area contributed by atoms with E-state index in [2.05, 4.69) is 21.1 Å². The van der Waals surface area contributed by atoms with Gasteiger partial charge in [0.1, 0.15) is 0 Å². The maximum Gasteiger partial charge on any atom is 0.171 e. The van der Waals surface area contributed by atoms with Crippen LogP contribution in [0.3, 0.4) is 0 Å². The van der Waals surface area contributed by atoms with Gasteiger partial charge in [-0.1, -0.05) is 5.16 Å². The van der Waals surface area contributed by atoms with Crippen molar-refractivity contribution < 1.29 is 9.60 Å². The quantitative estimate of drug-likeness (QED) is 0.371. The van der Waals surface area contributed by atoms with Gasteiger partial charge < -0.3 is 15.8 Å². The minimum absolute atomic E-state index is 0.128. The highest BCUT2D eigenvalue weighted by Crippen LogP contribution is 2.30. The van der Waals surface area contributed by atoms with Crippen molar-refractivity contribution in [3.63, 3.8) is 0 Å². The zero-order valence-corrected chi connectivity index (χ0v) is 13.4. The minimum Gasteiger partial charge on any atom is -0.409 e. The van der Waals surface area contributed by atoms with Crippen LogP contribution in [0.2, 0.25) is 0 Å². The molecule has 7 heteroatoms. The number of anilines is 1. The molecule has 0 amide bonds. The molecule has 0 spiro atoms. The predicted octanol–water partition coefficient (Wildman–Crippen LogP) is 2.87. The van der Waals surface area contributed by atoms with E-state index in [1.807, 2.05) is 25.1 Å². The number of nitrogens with two attached hydrogens (primary N) is 1. The van der Waals surface area contributed by atoms with Crippen molar-refractivity contribution in [3.05, 3.63) is 28.0 Å². The van der Waals surface area contributed by atoms with Gasteiger partial charge in [0.05, 0.1) is 10.2 Å². The third-order valence-corrected chi connectivity index (χ3v) is 4.49. The number of hydrogen-bond acceptors (Lipinski definition) is 4. The second-order valence-corrected chi connectivity index (χ2v) is 5.86. The average molecular weight is 350 g/mol. The number of oxime groups is 1. The van der Waals surface area contributed by atoms with Crippen molar-refractivity contribution in [2.45, 2.75) is 13.0 Å². The van der Waals surface area contributed by atoms with Crippen molar-refractivity contribution in [3.8, 4) is 0 Å². The van der Waals surface area contributed by atoms with Gasteiger partial charge in [-0.15, -0.1) is 0 Å². The maximum absolute atomic E-state index is 14.3. The van der Waals surface area contributed by atoms with Crippen molar-refractivity contribution in [1.29, 1.82) is 0 Å². The Kier molecular flexibility index (Phi) is 5.93. The first kappa shape index (κ1) is 16.1. The van der Waals surface area contributed by atoms with Crippen LogP contribution in [0.1, 0.15) is 12.5 Å². The van der Waals surface area contributed by atoms with Gasteiger partial charge in [0.2, 0.25) is 0 Å². The smallest absolute Gasteiger partial charge is 0.171 e. The number of amidine groups is 1. The summed E-state index contributed by atoms with van der Waals surface area (Å²) in [5.41, 5.74) is 6.29. The first-order valence-electron chi connectivity index (χ1n) is 5.61. The van der Waals surface area contributed by atoms with Crippen LogP contribution in [0, 0.1) is 5.82 Å². The molecule has 0 fully saturated rings. The Morgan fingerprint density at radius 1 is 1.63 bits per heavy atom. The topological polar surface area (TPSA) is 61.8 Å². The van der Waals surface area contributed by atoms with Gasteiger partial charge in [0, 0.05) is 24.4 Å². The van der Waals surface area contributed by atoms with E-state index in [0.717, 1.165) is 5.75 Å². The molecule has 19 heavy (non-hydrogen) atoms. The van der Waals surface area contributed by atoms with Gasteiger partial charge in [-0.2, -0.15) is 11.8 Å². The fraction of sp³-hybridized carbons (Fsp3) is 0.417. The fourth-order valence-electron chi connectivity index (χ4n) is 1.65. The molecule has 0 aliphatic rings. The van der Waals surface area contributed by atoms with Gasteiger partial charge in [-0.25, -0.2) is 4.39 Å². The molecular weight excluding hydrogens is 333 g/mol. The standard InChI is InChI=1S/C12H17BrFN3OS/c1-7(6-19-3)17(2)9-5-4-8(12(15)16-18)10(13)11(9)14/h4-5,7,18H,6H2,1-3H3,(H2,15,16). The monoisotopic (exact) mass is 349 g/mol. The SMILES string of the molecule is CSCC(C)N(C)c1ccc(/C(N)=N/O)c(Br)c1F. The lowest BCUT2D eigenvalue weighted by Crippen LogP contribution is -2.31. The van der Waals surface area contributed by atoms with Crippen LogP contribution in [0.5, 0.6) is 0 Å². The summed E-state index contributed by atoms with van der Waals surface area (Å²) in [6, 6.07) is 3.45. The summed E-state index contributed by atoms with van der Waals surface area (Å²) in [6.07, 6.45) is 2.01. The summed E-state index contributed by atoms with van der Waals surface area (Å²) < 4.78 is 14.5. The average Bonchev–Trinajstić information content (AvgIpc) is 2.40. The van der Waals surface area contributed by atoms with E-state index >= 15 is 0 Å². The van der Waals surface area contributed by atoms with Crippen LogP contribution in [-0.4, -0.2) is 36.1 Å². The molecule has 1 aromatic rings. The lowest BCUT2D eigenvalue weighted by atomic mass is 10.1. The summed E-state index contributed by atoms with van der Waals surface area (Å²) in [6.45, 7) is 2.03. The Hall–Kier alpha value is -0.950. The molecule has 0 aliphatic carbocycles. The normalized spacial score (nSPS) is 13.4. The molecule has 1 unspecified atom stereocenters. The predicted molar refractivity (Wildman–Crippen MR) is 82.9 cm³/mol. The number of halogens is 2. The third kappa shape index (κ3) is 3.54. The molecule has 106 valence electrons. The summed E-state index contributed by atoms with van der Waals surface area (Å²) in [7, 11) is 1.84. The molecule has 0 heterocycles. The van der Waals surface area contributed by atoms with Crippen LogP contribution < -0.4 is 10.6 Å². The molecule has 1 rings (SSSR count). The third-order valence-electron chi connectivity index (χ3n) is 2.89. The molecule has 0 aromatic heterocycles. The Labute approximate surface area is 125 Å². The van der Waals surface area contributed by atoms with Gasteiger partial charge in [-0.3, -0.25) is 0 Å². The number of benzene rings is 1. The van der Waals surface area contributed by atoms with Crippen LogP contribution >= 0.6 is 27.7 Å². The largest absolute Gasteiger partial charge is 0.409 e. The van der Waals surface area contributed by atoms with E-state index in [1.54, 1.807) is 23.9 Å². The van der Waals surface area contributed by atoms with Crippen molar-refractivity contribution in [1.82, 2.24) is 0 Å². The highest BCUT2D eigenvalue weighted by atomic mass is 79.9. The summed E-state index contributed by atoms with van der Waals surface area (Å²) in [4.78, 5) is 1.87. The van der Waals surface area contributed by atoms with E-state index in [-0.39, 0.29) is 16.4 Å². The second kappa shape index (κ2) is 7.00. The maximum atomic E-state index is 14.3. The van der Waals surface area contributed by atoms with E-state index in [1.165, 1.54) is 0 Å². The highest BCUT2D eigenvalue weighted by molar-refractivity contribution is 9.10. The summed E-state index contributed by atoms with van der Waals surface area (Å²) >= 11 is 4.86. The number of rotatable bonds is 5. The zero-order chi connectivity index (χ0) is 14.6. The Morgan fingerprint density at radius 2 is 2.26 bits per heavy atom. The van der Waals surface area contributed by atoms with E-state index in [9.17, 15) is 4.39 Å². The van der Waals surface area contributed by atoms with Gasteiger partial charge >= 0.3 is 0 Å². The number of thioether (sulfide) groups is 1. The number of nitrogens with zero attached hydrogens (tertiary/aromatic N) is 2. The van der Waals surface area contributed by atoms with Crippen LogP contribution in [0.25, 0.3) is 0 Å². The number of hydrogen-bond donors (Lipinski definition) is 2. The Balaban J connectivity index is 3.16. The Bertz CT molecular complexity index is 484. The van der Waals surface area contributed by atoms with Crippen molar-refractivity contribution in [2.75, 3.05) is 24.0 Å². The molecular formula is C12H17BrFN3OS. The van der Waals surface area contributed by atoms with E-state index < -0.39 is 5.82 Å². The van der Waals surface area contributed by atoms with Gasteiger partial charge in [0.15, 0.2) is 11.7 Å². The zero-order valence-electron chi connectivity index (χ0n) is 11.0. The van der Waals surface area contributed by atoms with Crippen LogP contribution in [0.4, 0.5) is 10.1 Å². The lowest BCUT2D eigenvalue weighted by molar-refractivity contribution is 0.318. The molecule has 1 aromatic carbocycles. The molecule has 0 bridgehead atoms.